The highest BCUT2D eigenvalue weighted by atomic mass is 16.5. The van der Waals surface area contributed by atoms with E-state index in [9.17, 15) is 19.2 Å². The first kappa shape index (κ1) is 40.9. The van der Waals surface area contributed by atoms with Gasteiger partial charge in [0.05, 0.1) is 36.8 Å². The summed E-state index contributed by atoms with van der Waals surface area (Å²) in [5.74, 6) is -0.120. The fourth-order valence-electron chi connectivity index (χ4n) is 9.08. The van der Waals surface area contributed by atoms with Crippen molar-refractivity contribution in [1.29, 1.82) is 0 Å². The van der Waals surface area contributed by atoms with Crippen LogP contribution in [0.5, 0.6) is 0 Å². The van der Waals surface area contributed by atoms with Gasteiger partial charge in [0, 0.05) is 46.2 Å². The second kappa shape index (κ2) is 18.8. The SMILES string of the molecule is CC[C@H](C)[C@@H]([C@@H](CC(=O)N1CCC[C@H]1[C@H](OC)[C@@H](C)C(=O)C[C@H](C)Cc1ccccc1)OC)N(C)C(=O)[C@@H](NC(=O)[C@H]1N[C@H]2CC[C@H]1C2)C(C)C. The summed E-state index contributed by atoms with van der Waals surface area (Å²) in [4.78, 5) is 58.9. The molecule has 3 fully saturated rings. The maximum absolute atomic E-state index is 14.2. The fourth-order valence-corrected chi connectivity index (χ4v) is 9.08. The number of methoxy groups -OCH3 is 2. The Hall–Kier alpha value is -2.82. The zero-order chi connectivity index (χ0) is 37.4. The van der Waals surface area contributed by atoms with Gasteiger partial charge in [0.15, 0.2) is 0 Å². The van der Waals surface area contributed by atoms with Crippen molar-refractivity contribution in [3.63, 3.8) is 0 Å². The molecule has 0 radical (unpaired) electrons. The van der Waals surface area contributed by atoms with Gasteiger partial charge in [-0.1, -0.05) is 78.3 Å². The Morgan fingerprint density at radius 2 is 1.69 bits per heavy atom. The number of amides is 3. The van der Waals surface area contributed by atoms with Crippen molar-refractivity contribution < 1.29 is 28.7 Å². The van der Waals surface area contributed by atoms with Gasteiger partial charge in [-0.25, -0.2) is 0 Å². The molecule has 2 bridgehead atoms. The molecule has 10 nitrogen and oxygen atoms in total. The van der Waals surface area contributed by atoms with Crippen LogP contribution < -0.4 is 10.6 Å². The van der Waals surface area contributed by atoms with Gasteiger partial charge in [-0.05, 0) is 67.8 Å². The summed E-state index contributed by atoms with van der Waals surface area (Å²) < 4.78 is 12.0. The molecule has 1 saturated carbocycles. The number of piperidine rings is 1. The first-order valence-corrected chi connectivity index (χ1v) is 19.6. The van der Waals surface area contributed by atoms with Gasteiger partial charge in [-0.15, -0.1) is 0 Å². The van der Waals surface area contributed by atoms with Crippen LogP contribution in [0, 0.1) is 29.6 Å². The smallest absolute Gasteiger partial charge is 0.245 e. The molecular weight excluding hydrogens is 644 g/mol. The lowest BCUT2D eigenvalue weighted by atomic mass is 9.86. The van der Waals surface area contributed by atoms with Crippen LogP contribution in [0.15, 0.2) is 30.3 Å². The van der Waals surface area contributed by atoms with E-state index in [1.807, 2.05) is 43.9 Å². The Labute approximate surface area is 307 Å². The standard InChI is InChI=1S/C41H66N4O6/c1-10-27(5)38(44(7)41(49)36(25(2)3)43-40(48)37-30-18-19-31(23-30)42-37)34(50-8)24-35(47)45-20-14-17-32(45)39(51-9)28(6)33(46)22-26(4)21-29-15-12-11-13-16-29/h11-13,15-16,25-28,30-32,34,36-39,42H,10,14,17-24H2,1-9H3,(H,43,48)/t26-,27+,28+,30+,31+,32+,34-,36+,37+,38+,39-/m1/s1. The highest BCUT2D eigenvalue weighted by Gasteiger charge is 2.45. The van der Waals surface area contributed by atoms with Crippen molar-refractivity contribution in [3.8, 4) is 0 Å². The number of ether oxygens (including phenoxy) is 2. The summed E-state index contributed by atoms with van der Waals surface area (Å²) in [6.07, 6.45) is 5.96. The van der Waals surface area contributed by atoms with Crippen molar-refractivity contribution in [3.05, 3.63) is 35.9 Å². The van der Waals surface area contributed by atoms with E-state index in [1.165, 1.54) is 5.56 Å². The molecule has 3 aliphatic rings. The Balaban J connectivity index is 1.43. The summed E-state index contributed by atoms with van der Waals surface area (Å²) in [7, 11) is 5.02. The van der Waals surface area contributed by atoms with E-state index >= 15 is 0 Å². The minimum atomic E-state index is -0.692. The van der Waals surface area contributed by atoms with Crippen LogP contribution in [-0.4, -0.2) is 104 Å². The maximum atomic E-state index is 14.2. The topological polar surface area (TPSA) is 117 Å². The average Bonchev–Trinajstić information content (AvgIpc) is 3.89. The van der Waals surface area contributed by atoms with Crippen LogP contribution in [0.25, 0.3) is 0 Å². The summed E-state index contributed by atoms with van der Waals surface area (Å²) >= 11 is 0. The fraction of sp³-hybridized carbons (Fsp3) is 0.756. The van der Waals surface area contributed by atoms with E-state index in [1.54, 1.807) is 26.2 Å². The molecule has 2 N–H and O–H groups in total. The molecule has 1 aromatic carbocycles. The number of fused-ring (bicyclic) bond motifs is 2. The Bertz CT molecular complexity index is 1310. The molecule has 1 aliphatic carbocycles. The lowest BCUT2D eigenvalue weighted by Gasteiger charge is -2.41. The first-order valence-electron chi connectivity index (χ1n) is 19.6. The molecule has 0 aromatic heterocycles. The molecule has 10 heteroatoms. The number of likely N-dealkylation sites (tertiary alicyclic amines) is 1. The second-order valence-electron chi connectivity index (χ2n) is 16.2. The molecule has 11 atom stereocenters. The van der Waals surface area contributed by atoms with Gasteiger partial charge in [0.2, 0.25) is 17.7 Å². The molecule has 51 heavy (non-hydrogen) atoms. The van der Waals surface area contributed by atoms with Gasteiger partial charge in [0.1, 0.15) is 11.8 Å². The third kappa shape index (κ3) is 9.99. The summed E-state index contributed by atoms with van der Waals surface area (Å²) in [6, 6.07) is 9.07. The van der Waals surface area contributed by atoms with E-state index in [0.29, 0.717) is 24.9 Å². The number of likely N-dealkylation sites (N-methyl/N-ethyl adjacent to an activating group) is 1. The van der Waals surface area contributed by atoms with Gasteiger partial charge < -0.3 is 29.9 Å². The van der Waals surface area contributed by atoms with Crippen LogP contribution >= 0.6 is 0 Å². The monoisotopic (exact) mass is 710 g/mol. The van der Waals surface area contributed by atoms with Crippen molar-refractivity contribution in [2.45, 2.75) is 142 Å². The number of ketones is 1. The molecule has 3 amide bonds. The van der Waals surface area contributed by atoms with Gasteiger partial charge in [0.25, 0.3) is 0 Å². The summed E-state index contributed by atoms with van der Waals surface area (Å²) in [6.45, 7) is 12.7. The van der Waals surface area contributed by atoms with Crippen LogP contribution in [-0.2, 0) is 35.1 Å². The average molecular weight is 711 g/mol. The number of Topliss-reactive ketones (excluding diaryl/α,β-unsaturated/α-hetero) is 1. The van der Waals surface area contributed by atoms with E-state index in [4.69, 9.17) is 9.47 Å². The van der Waals surface area contributed by atoms with E-state index in [2.05, 4.69) is 43.5 Å². The van der Waals surface area contributed by atoms with Gasteiger partial charge in [-0.3, -0.25) is 19.2 Å². The molecular formula is C41H66N4O6. The highest BCUT2D eigenvalue weighted by molar-refractivity contribution is 5.90. The van der Waals surface area contributed by atoms with E-state index < -0.39 is 18.2 Å². The van der Waals surface area contributed by atoms with Crippen molar-refractivity contribution in [2.24, 2.45) is 29.6 Å². The molecule has 0 spiro atoms. The molecule has 286 valence electrons. The van der Waals surface area contributed by atoms with Crippen LogP contribution in [0.3, 0.4) is 0 Å². The first-order chi connectivity index (χ1) is 24.3. The Morgan fingerprint density at radius 1 is 0.980 bits per heavy atom. The van der Waals surface area contributed by atoms with Crippen molar-refractivity contribution in [2.75, 3.05) is 27.8 Å². The number of nitrogens with one attached hydrogen (secondary N) is 2. The quantitative estimate of drug-likeness (QED) is 0.207. The Kier molecular flexibility index (Phi) is 15.1. The summed E-state index contributed by atoms with van der Waals surface area (Å²) in [5.41, 5.74) is 1.22. The molecule has 4 rings (SSSR count). The number of hydrogen-bond donors (Lipinski definition) is 2. The minimum Gasteiger partial charge on any atom is -0.379 e. The molecule has 2 heterocycles. The van der Waals surface area contributed by atoms with Crippen molar-refractivity contribution in [1.82, 2.24) is 20.4 Å². The maximum Gasteiger partial charge on any atom is 0.245 e. The normalized spacial score (nSPS) is 25.6. The van der Waals surface area contributed by atoms with Gasteiger partial charge in [-0.2, -0.15) is 0 Å². The van der Waals surface area contributed by atoms with Crippen molar-refractivity contribution >= 4 is 23.5 Å². The summed E-state index contributed by atoms with van der Waals surface area (Å²) in [5, 5.41) is 6.54. The Morgan fingerprint density at radius 3 is 2.25 bits per heavy atom. The molecule has 2 aliphatic heterocycles. The molecule has 0 unspecified atom stereocenters. The predicted octanol–water partition coefficient (Wildman–Crippen LogP) is 5.03. The number of carbonyl (C=O) groups excluding carboxylic acids is 4. The third-order valence-electron chi connectivity index (χ3n) is 12.2. The van der Waals surface area contributed by atoms with Crippen LogP contribution in [0.2, 0.25) is 0 Å². The number of rotatable bonds is 19. The van der Waals surface area contributed by atoms with E-state index in [0.717, 1.165) is 44.9 Å². The number of carbonyl (C=O) groups is 4. The third-order valence-corrected chi connectivity index (χ3v) is 12.2. The predicted molar refractivity (Wildman–Crippen MR) is 200 cm³/mol. The number of benzene rings is 1. The second-order valence-corrected chi connectivity index (χ2v) is 16.2. The van der Waals surface area contributed by atoms with Gasteiger partial charge >= 0.3 is 0 Å². The lowest BCUT2D eigenvalue weighted by Crippen LogP contribution is -2.59. The molecule has 1 aromatic rings. The number of nitrogens with zero attached hydrogens (tertiary/aromatic N) is 2. The molecule has 2 saturated heterocycles. The van der Waals surface area contributed by atoms with Crippen LogP contribution in [0.1, 0.15) is 98.5 Å². The van der Waals surface area contributed by atoms with E-state index in [-0.39, 0.29) is 71.7 Å². The lowest BCUT2D eigenvalue weighted by molar-refractivity contribution is -0.147. The minimum absolute atomic E-state index is 0.0315. The largest absolute Gasteiger partial charge is 0.379 e. The number of hydrogen-bond acceptors (Lipinski definition) is 7. The zero-order valence-corrected chi connectivity index (χ0v) is 32.7. The highest BCUT2D eigenvalue weighted by Crippen LogP contribution is 2.35. The zero-order valence-electron chi connectivity index (χ0n) is 32.7. The van der Waals surface area contributed by atoms with Crippen LogP contribution in [0.4, 0.5) is 0 Å².